The Labute approximate surface area is 156 Å². The molecule has 27 heavy (non-hydrogen) atoms. The zero-order valence-electron chi connectivity index (χ0n) is 14.9. The number of carbonyl (C=O) groups is 1. The lowest BCUT2D eigenvalue weighted by molar-refractivity contribution is 0.0945. The largest absolute Gasteiger partial charge is 0.493 e. The van der Waals surface area contributed by atoms with Gasteiger partial charge in [0.1, 0.15) is 5.65 Å². The van der Waals surface area contributed by atoms with E-state index in [2.05, 4.69) is 15.4 Å². The van der Waals surface area contributed by atoms with Gasteiger partial charge in [-0.1, -0.05) is 24.3 Å². The monoisotopic (exact) mass is 361 g/mol. The Balaban J connectivity index is 1.44. The number of amides is 1. The van der Waals surface area contributed by atoms with Gasteiger partial charge in [-0.25, -0.2) is 9.67 Å². The van der Waals surface area contributed by atoms with Gasteiger partial charge in [0.05, 0.1) is 24.7 Å². The van der Waals surface area contributed by atoms with Crippen LogP contribution in [0.1, 0.15) is 16.2 Å². The number of benzene rings is 1. The van der Waals surface area contributed by atoms with Crippen molar-refractivity contribution in [2.24, 2.45) is 0 Å². The summed E-state index contributed by atoms with van der Waals surface area (Å²) >= 11 is 0. The number of imidazole rings is 1. The van der Waals surface area contributed by atoms with Gasteiger partial charge in [-0.2, -0.15) is 5.10 Å². The molecular weight excluding hydrogens is 342 g/mol. The number of methoxy groups -OCH3 is 1. The van der Waals surface area contributed by atoms with E-state index in [4.69, 9.17) is 4.74 Å². The zero-order valence-corrected chi connectivity index (χ0v) is 14.9. The van der Waals surface area contributed by atoms with E-state index in [0.29, 0.717) is 18.7 Å². The number of aromatic nitrogens is 4. The molecule has 3 heterocycles. The van der Waals surface area contributed by atoms with Crippen molar-refractivity contribution in [3.8, 4) is 11.4 Å². The predicted octanol–water partition coefficient (Wildman–Crippen LogP) is 2.50. The van der Waals surface area contributed by atoms with Crippen LogP contribution in [-0.2, 0) is 6.42 Å². The molecule has 0 atom stereocenters. The molecule has 0 unspecified atom stereocenters. The molecule has 136 valence electrons. The Morgan fingerprint density at radius 2 is 1.93 bits per heavy atom. The number of carbonyl (C=O) groups excluding carboxylic acids is 1. The predicted molar refractivity (Wildman–Crippen MR) is 101 cm³/mol. The normalized spacial score (nSPS) is 10.9. The van der Waals surface area contributed by atoms with Crippen LogP contribution < -0.4 is 10.1 Å². The molecule has 1 N–H and O–H groups in total. The molecule has 0 fully saturated rings. The first kappa shape index (κ1) is 16.8. The van der Waals surface area contributed by atoms with Crippen molar-refractivity contribution in [3.05, 3.63) is 78.5 Å². The first-order chi connectivity index (χ1) is 13.2. The Kier molecular flexibility index (Phi) is 4.57. The van der Waals surface area contributed by atoms with Gasteiger partial charge >= 0.3 is 0 Å². The summed E-state index contributed by atoms with van der Waals surface area (Å²) in [6.45, 7) is 0.462. The van der Waals surface area contributed by atoms with E-state index in [0.717, 1.165) is 17.0 Å². The first-order valence-electron chi connectivity index (χ1n) is 8.64. The highest BCUT2D eigenvalue weighted by molar-refractivity contribution is 5.94. The van der Waals surface area contributed by atoms with Gasteiger partial charge in [-0.05, 0) is 24.3 Å². The Morgan fingerprint density at radius 1 is 1.11 bits per heavy atom. The highest BCUT2D eigenvalue weighted by atomic mass is 16.5. The van der Waals surface area contributed by atoms with Gasteiger partial charge in [0.25, 0.3) is 5.91 Å². The summed E-state index contributed by atoms with van der Waals surface area (Å²) in [5.41, 5.74) is 2.93. The van der Waals surface area contributed by atoms with E-state index in [1.165, 1.54) is 7.11 Å². The van der Waals surface area contributed by atoms with E-state index in [1.807, 2.05) is 65.3 Å². The van der Waals surface area contributed by atoms with Gasteiger partial charge in [0, 0.05) is 25.4 Å². The van der Waals surface area contributed by atoms with Crippen molar-refractivity contribution < 1.29 is 9.53 Å². The second-order valence-corrected chi connectivity index (χ2v) is 6.03. The average Bonchev–Trinajstić information content (AvgIpc) is 3.32. The minimum atomic E-state index is -0.273. The number of ether oxygens (including phenoxy) is 1. The van der Waals surface area contributed by atoms with Crippen LogP contribution >= 0.6 is 0 Å². The molecule has 7 nitrogen and oxygen atoms in total. The van der Waals surface area contributed by atoms with Gasteiger partial charge in [0.2, 0.25) is 0 Å². The molecule has 0 saturated carbocycles. The van der Waals surface area contributed by atoms with Crippen molar-refractivity contribution in [2.45, 2.75) is 6.42 Å². The van der Waals surface area contributed by atoms with Crippen LogP contribution in [0.25, 0.3) is 11.3 Å². The van der Waals surface area contributed by atoms with E-state index >= 15 is 0 Å². The fourth-order valence-electron chi connectivity index (χ4n) is 2.87. The highest BCUT2D eigenvalue weighted by Gasteiger charge is 2.18. The number of fused-ring (bicyclic) bond motifs is 1. The average molecular weight is 361 g/mol. The third kappa shape index (κ3) is 3.52. The molecule has 1 amide bonds. The van der Waals surface area contributed by atoms with Gasteiger partial charge in [0.15, 0.2) is 11.4 Å². The maximum absolute atomic E-state index is 12.5. The standard InChI is InChI=1S/C20H19N5O2/c1-27-17-14-25(16-7-3-2-4-8-16)23-19(17)20(26)21-11-10-15-13-24-12-6-5-9-18(24)22-15/h2-9,12-14H,10-11H2,1H3,(H,21,26). The van der Waals surface area contributed by atoms with Gasteiger partial charge in [-0.3, -0.25) is 4.79 Å². The molecule has 3 aromatic heterocycles. The fourth-order valence-corrected chi connectivity index (χ4v) is 2.87. The van der Waals surface area contributed by atoms with Crippen LogP contribution in [0.3, 0.4) is 0 Å². The third-order valence-electron chi connectivity index (χ3n) is 4.22. The number of para-hydroxylation sites is 1. The van der Waals surface area contributed by atoms with Crippen molar-refractivity contribution >= 4 is 11.6 Å². The Morgan fingerprint density at radius 3 is 2.70 bits per heavy atom. The van der Waals surface area contributed by atoms with Crippen molar-refractivity contribution in [3.63, 3.8) is 0 Å². The minimum Gasteiger partial charge on any atom is -0.493 e. The van der Waals surface area contributed by atoms with Crippen LogP contribution in [0, 0.1) is 0 Å². The number of hydrogen-bond acceptors (Lipinski definition) is 4. The lowest BCUT2D eigenvalue weighted by atomic mass is 10.3. The minimum absolute atomic E-state index is 0.261. The van der Waals surface area contributed by atoms with E-state index < -0.39 is 0 Å². The summed E-state index contributed by atoms with van der Waals surface area (Å²) in [5, 5.41) is 7.26. The lowest BCUT2D eigenvalue weighted by Crippen LogP contribution is -2.26. The molecule has 4 aromatic rings. The zero-order chi connectivity index (χ0) is 18.6. The molecule has 7 heteroatoms. The van der Waals surface area contributed by atoms with Crippen molar-refractivity contribution in [1.82, 2.24) is 24.5 Å². The quantitative estimate of drug-likeness (QED) is 0.573. The highest BCUT2D eigenvalue weighted by Crippen LogP contribution is 2.19. The van der Waals surface area contributed by atoms with Gasteiger partial charge < -0.3 is 14.5 Å². The summed E-state index contributed by atoms with van der Waals surface area (Å²) in [4.78, 5) is 17.1. The van der Waals surface area contributed by atoms with Crippen LogP contribution in [0.4, 0.5) is 0 Å². The third-order valence-corrected chi connectivity index (χ3v) is 4.22. The van der Waals surface area contributed by atoms with Crippen LogP contribution in [0.15, 0.2) is 67.1 Å². The molecular formula is C20H19N5O2. The number of hydrogen-bond donors (Lipinski definition) is 1. The first-order valence-corrected chi connectivity index (χ1v) is 8.64. The van der Waals surface area contributed by atoms with E-state index in [-0.39, 0.29) is 11.6 Å². The maximum atomic E-state index is 12.5. The molecule has 0 saturated heterocycles. The second-order valence-electron chi connectivity index (χ2n) is 6.03. The van der Waals surface area contributed by atoms with E-state index in [9.17, 15) is 4.79 Å². The number of nitrogens with zero attached hydrogens (tertiary/aromatic N) is 4. The maximum Gasteiger partial charge on any atom is 0.275 e. The Hall–Kier alpha value is -3.61. The SMILES string of the molecule is COc1cn(-c2ccccc2)nc1C(=O)NCCc1cn2ccccc2n1. The van der Waals surface area contributed by atoms with Gasteiger partial charge in [-0.15, -0.1) is 0 Å². The molecule has 0 aliphatic carbocycles. The van der Waals surface area contributed by atoms with Crippen molar-refractivity contribution in [2.75, 3.05) is 13.7 Å². The fraction of sp³-hybridized carbons (Fsp3) is 0.150. The second kappa shape index (κ2) is 7.33. The van der Waals surface area contributed by atoms with Crippen molar-refractivity contribution in [1.29, 1.82) is 0 Å². The molecule has 0 bridgehead atoms. The summed E-state index contributed by atoms with van der Waals surface area (Å²) < 4.78 is 8.91. The van der Waals surface area contributed by atoms with Crippen LogP contribution in [0.2, 0.25) is 0 Å². The summed E-state index contributed by atoms with van der Waals surface area (Å²) in [6, 6.07) is 15.4. The topological polar surface area (TPSA) is 73.5 Å². The Bertz CT molecular complexity index is 1040. The number of pyridine rings is 1. The summed E-state index contributed by atoms with van der Waals surface area (Å²) in [6.07, 6.45) is 6.25. The van der Waals surface area contributed by atoms with Crippen LogP contribution in [0.5, 0.6) is 5.75 Å². The summed E-state index contributed by atoms with van der Waals surface area (Å²) in [5.74, 6) is 0.161. The molecule has 0 aliphatic rings. The number of nitrogens with one attached hydrogen (secondary N) is 1. The molecule has 1 aromatic carbocycles. The lowest BCUT2D eigenvalue weighted by Gasteiger charge is -2.03. The van der Waals surface area contributed by atoms with Crippen LogP contribution in [-0.4, -0.2) is 38.7 Å². The summed E-state index contributed by atoms with van der Waals surface area (Å²) in [7, 11) is 1.53. The number of rotatable bonds is 6. The molecule has 4 rings (SSSR count). The smallest absolute Gasteiger partial charge is 0.275 e. The molecule has 0 spiro atoms. The molecule has 0 radical (unpaired) electrons. The van der Waals surface area contributed by atoms with E-state index in [1.54, 1.807) is 10.9 Å². The molecule has 0 aliphatic heterocycles.